The van der Waals surface area contributed by atoms with E-state index in [1.165, 1.54) is 62.0 Å². The molecule has 9 aromatic rings. The van der Waals surface area contributed by atoms with Gasteiger partial charge >= 0.3 is 0 Å². The van der Waals surface area contributed by atoms with Crippen molar-refractivity contribution in [2.75, 3.05) is 66.7 Å². The van der Waals surface area contributed by atoms with Gasteiger partial charge in [0.15, 0.2) is 15.5 Å². The third-order valence-corrected chi connectivity index (χ3v) is 17.8. The first-order valence-corrected chi connectivity index (χ1v) is 32.8. The molecular formula is C71H85Cl5N10O2. The summed E-state index contributed by atoms with van der Waals surface area (Å²) in [5, 5.41) is 5.40. The molecule has 2 N–H and O–H groups in total. The number of benzene rings is 6. The van der Waals surface area contributed by atoms with E-state index in [4.69, 9.17) is 72.5 Å². The van der Waals surface area contributed by atoms with Gasteiger partial charge in [0.1, 0.15) is 16.8 Å². The fourth-order valence-electron chi connectivity index (χ4n) is 11.7. The SMILES string of the molecule is CCc1cccc(CC)c1-c1nc(Cl)c(CCl)n1CCOC.CCc1cccc(CC)c1-c1nc(Cl)c(CN2CCN(Cc3ccccc3)C[C@H]2c2ccccc2)n1CCOC.Clc1nc[nH]c1Cl.c1ccc(CN2CCN[C@H](c3ccccc3)C2)cc1. The second kappa shape index (κ2) is 35.5. The Morgan fingerprint density at radius 2 is 0.955 bits per heavy atom. The fraction of sp³-hybridized carbons (Fsp3) is 0.366. The number of imidazole rings is 3. The van der Waals surface area contributed by atoms with Gasteiger partial charge in [-0.1, -0.05) is 232 Å². The van der Waals surface area contributed by atoms with Crippen LogP contribution in [0.15, 0.2) is 164 Å². The maximum Gasteiger partial charge on any atom is 0.165 e. The van der Waals surface area contributed by atoms with Gasteiger partial charge in [0.2, 0.25) is 0 Å². The highest BCUT2D eigenvalue weighted by atomic mass is 35.5. The first-order chi connectivity index (χ1) is 43.0. The van der Waals surface area contributed by atoms with Crippen molar-refractivity contribution in [2.45, 2.75) is 104 Å². The molecule has 3 aromatic heterocycles. The van der Waals surface area contributed by atoms with Crippen LogP contribution in [0.3, 0.4) is 0 Å². The standard InChI is InChI=1S/C34H41ClN4O.C17H22Cl2N2O.C17H20N2.C3H2Cl2N2/c1-4-27-17-12-18-28(5-2)32(27)34-36-33(35)31(39(34)21-22-40-3)25-38-20-19-37(23-26-13-8-6-9-14-26)24-30(38)29-15-10-7-11-16-29;1-4-12-7-6-8-13(5-2)15(12)17-20-16(19)14(11-18)21(17)9-10-22-3;1-3-7-15(8-4-1)13-19-12-11-18-17(14-19)16-9-5-2-6-10-16;4-2-3(5)7-1-6-2/h6-18,30H,4-5,19-25H2,1-3H3;6-8H,4-5,9-11H2,1-3H3;1-10,17-18H,11-14H2;1H,(H,6,7)/t30-;;17-;/m0.0./s1. The van der Waals surface area contributed by atoms with E-state index in [1.54, 1.807) is 14.2 Å². The van der Waals surface area contributed by atoms with Gasteiger partial charge in [-0.15, -0.1) is 11.6 Å². The predicted molar refractivity (Wildman–Crippen MR) is 365 cm³/mol. The molecule has 466 valence electrons. The zero-order valence-corrected chi connectivity index (χ0v) is 55.5. The topological polar surface area (TPSA) is 105 Å². The van der Waals surface area contributed by atoms with Gasteiger partial charge in [-0.2, -0.15) is 0 Å². The van der Waals surface area contributed by atoms with Crippen molar-refractivity contribution in [3.63, 3.8) is 0 Å². The summed E-state index contributed by atoms with van der Waals surface area (Å²) in [7, 11) is 3.45. The highest BCUT2D eigenvalue weighted by Gasteiger charge is 2.31. The maximum atomic E-state index is 7.01. The summed E-state index contributed by atoms with van der Waals surface area (Å²) in [4.78, 5) is 23.5. The molecule has 6 aromatic carbocycles. The van der Waals surface area contributed by atoms with Crippen LogP contribution in [0.4, 0.5) is 0 Å². The normalized spacial score (nSPS) is 15.4. The lowest BCUT2D eigenvalue weighted by molar-refractivity contribution is 0.0615. The van der Waals surface area contributed by atoms with E-state index in [2.05, 4.69) is 230 Å². The van der Waals surface area contributed by atoms with E-state index in [0.29, 0.717) is 58.8 Å². The van der Waals surface area contributed by atoms with Gasteiger partial charge in [0.05, 0.1) is 36.8 Å². The summed E-state index contributed by atoms with van der Waals surface area (Å²) < 4.78 is 15.2. The molecule has 0 radical (unpaired) electrons. The Morgan fingerprint density at radius 3 is 1.39 bits per heavy atom. The number of aromatic nitrogens is 6. The van der Waals surface area contributed by atoms with E-state index in [9.17, 15) is 0 Å². The van der Waals surface area contributed by atoms with Crippen LogP contribution in [-0.2, 0) is 73.8 Å². The Labute approximate surface area is 547 Å². The van der Waals surface area contributed by atoms with E-state index < -0.39 is 0 Å². The minimum Gasteiger partial charge on any atom is -0.383 e. The molecule has 0 saturated carbocycles. The summed E-state index contributed by atoms with van der Waals surface area (Å²) in [6, 6.07) is 56.9. The molecule has 2 aliphatic rings. The highest BCUT2D eigenvalue weighted by molar-refractivity contribution is 6.40. The lowest BCUT2D eigenvalue weighted by Gasteiger charge is -2.42. The zero-order chi connectivity index (χ0) is 62.2. The van der Waals surface area contributed by atoms with Crippen LogP contribution in [0.2, 0.25) is 20.6 Å². The molecule has 0 aliphatic carbocycles. The number of rotatable bonds is 21. The lowest BCUT2D eigenvalue weighted by atomic mass is 9.97. The molecule has 0 bridgehead atoms. The summed E-state index contributed by atoms with van der Waals surface area (Å²) in [6.45, 7) is 20.3. The third-order valence-electron chi connectivity index (χ3n) is 16.3. The molecule has 88 heavy (non-hydrogen) atoms. The Balaban J connectivity index is 0.000000175. The molecule has 2 atom stereocenters. The van der Waals surface area contributed by atoms with Crippen LogP contribution in [0.1, 0.15) is 95.7 Å². The van der Waals surface area contributed by atoms with Crippen LogP contribution in [-0.4, -0.2) is 110 Å². The smallest absolute Gasteiger partial charge is 0.165 e. The van der Waals surface area contributed by atoms with Gasteiger partial charge in [-0.3, -0.25) is 14.7 Å². The van der Waals surface area contributed by atoms with E-state index >= 15 is 0 Å². The van der Waals surface area contributed by atoms with Crippen LogP contribution >= 0.6 is 58.0 Å². The van der Waals surface area contributed by atoms with Gasteiger partial charge in [0, 0.05) is 109 Å². The highest BCUT2D eigenvalue weighted by Crippen LogP contribution is 2.36. The number of nitrogens with zero attached hydrogens (tertiary/aromatic N) is 8. The average Bonchev–Trinajstić information content (AvgIpc) is 3.09. The molecule has 12 nitrogen and oxygen atoms in total. The number of aryl methyl sites for hydroxylation is 4. The molecule has 0 unspecified atom stereocenters. The maximum absolute atomic E-state index is 7.01. The van der Waals surface area contributed by atoms with Crippen molar-refractivity contribution in [2.24, 2.45) is 0 Å². The average molecular weight is 1290 g/mol. The molecule has 2 fully saturated rings. The quantitative estimate of drug-likeness (QED) is 0.0681. The Kier molecular flexibility index (Phi) is 27.5. The minimum absolute atomic E-state index is 0.262. The lowest BCUT2D eigenvalue weighted by Crippen LogP contribution is -2.47. The number of hydrogen-bond acceptors (Lipinski definition) is 9. The number of aromatic amines is 1. The zero-order valence-electron chi connectivity index (χ0n) is 51.8. The minimum atomic E-state index is 0.262. The third kappa shape index (κ3) is 18.4. The summed E-state index contributed by atoms with van der Waals surface area (Å²) in [6.07, 6.45) is 5.24. The van der Waals surface area contributed by atoms with Crippen LogP contribution in [0.25, 0.3) is 22.8 Å². The first kappa shape index (κ1) is 68.1. The number of alkyl halides is 1. The molecule has 2 aliphatic heterocycles. The summed E-state index contributed by atoms with van der Waals surface area (Å²) >= 11 is 30.1. The number of hydrogen-bond donors (Lipinski definition) is 2. The monoisotopic (exact) mass is 1280 g/mol. The Morgan fingerprint density at radius 1 is 0.500 bits per heavy atom. The van der Waals surface area contributed by atoms with Gasteiger partial charge in [-0.25, -0.2) is 15.0 Å². The predicted octanol–water partition coefficient (Wildman–Crippen LogP) is 16.3. The molecule has 17 heteroatoms. The van der Waals surface area contributed by atoms with Crippen molar-refractivity contribution in [1.82, 2.24) is 49.1 Å². The van der Waals surface area contributed by atoms with Gasteiger partial charge in [-0.05, 0) is 70.2 Å². The largest absolute Gasteiger partial charge is 0.383 e. The Bertz CT molecular complexity index is 3430. The second-order valence-electron chi connectivity index (χ2n) is 21.8. The van der Waals surface area contributed by atoms with E-state index in [1.807, 2.05) is 0 Å². The van der Waals surface area contributed by atoms with Crippen LogP contribution in [0, 0.1) is 0 Å². The van der Waals surface area contributed by atoms with Gasteiger partial charge < -0.3 is 28.9 Å². The van der Waals surface area contributed by atoms with Gasteiger partial charge in [0.25, 0.3) is 0 Å². The fourth-order valence-corrected chi connectivity index (χ4v) is 12.7. The van der Waals surface area contributed by atoms with Crippen molar-refractivity contribution >= 4 is 58.0 Å². The Hall–Kier alpha value is -5.84. The van der Waals surface area contributed by atoms with Crippen molar-refractivity contribution in [3.05, 3.63) is 241 Å². The second-order valence-corrected chi connectivity index (χ2v) is 23.6. The number of nitrogens with one attached hydrogen (secondary N) is 2. The molecule has 5 heterocycles. The van der Waals surface area contributed by atoms with E-state index in [-0.39, 0.29) is 6.04 Å². The molecular weight excluding hydrogens is 1200 g/mol. The van der Waals surface area contributed by atoms with Crippen LogP contribution < -0.4 is 5.32 Å². The van der Waals surface area contributed by atoms with Crippen molar-refractivity contribution in [3.8, 4) is 22.8 Å². The summed E-state index contributed by atoms with van der Waals surface area (Å²) in [5.74, 6) is 2.20. The first-order valence-electron chi connectivity index (χ1n) is 30.7. The number of methoxy groups -OCH3 is 2. The number of piperazine rings is 2. The number of ether oxygens (including phenoxy) is 2. The number of halogens is 5. The molecule has 2 saturated heterocycles. The molecule has 0 amide bonds. The molecule has 11 rings (SSSR count). The summed E-state index contributed by atoms with van der Waals surface area (Å²) in [5.41, 5.74) is 15.0. The van der Waals surface area contributed by atoms with Crippen molar-refractivity contribution in [1.29, 1.82) is 0 Å². The van der Waals surface area contributed by atoms with Crippen molar-refractivity contribution < 1.29 is 9.47 Å². The van der Waals surface area contributed by atoms with Crippen LogP contribution in [0.5, 0.6) is 0 Å². The number of H-pyrrole nitrogens is 1. The molecule has 0 spiro atoms. The van der Waals surface area contributed by atoms with E-state index in [0.717, 1.165) is 108 Å².